The van der Waals surface area contributed by atoms with Crippen LogP contribution in [0.15, 0.2) is 35.5 Å². The van der Waals surface area contributed by atoms with E-state index < -0.39 is 17.9 Å². The van der Waals surface area contributed by atoms with Crippen molar-refractivity contribution in [2.24, 2.45) is 17.7 Å². The first-order chi connectivity index (χ1) is 11.1. The molecule has 0 spiro atoms. The Morgan fingerprint density at radius 1 is 1.39 bits per heavy atom. The summed E-state index contributed by atoms with van der Waals surface area (Å²) in [4.78, 5) is 27.4. The average Bonchev–Trinajstić information content (AvgIpc) is 2.57. The second-order valence-electron chi connectivity index (χ2n) is 6.42. The first-order valence-corrected chi connectivity index (χ1v) is 8.06. The SMILES string of the molecule is NOC(=O)CC(C(=O)O)C1CCCC2NC3CC=CC=C3C=C21. The van der Waals surface area contributed by atoms with E-state index in [4.69, 9.17) is 5.90 Å². The predicted molar refractivity (Wildman–Crippen MR) is 84.0 cm³/mol. The van der Waals surface area contributed by atoms with Gasteiger partial charge in [-0.05, 0) is 36.3 Å². The van der Waals surface area contributed by atoms with Gasteiger partial charge in [0, 0.05) is 12.1 Å². The van der Waals surface area contributed by atoms with E-state index in [-0.39, 0.29) is 18.4 Å². The van der Waals surface area contributed by atoms with Crippen molar-refractivity contribution in [3.63, 3.8) is 0 Å². The van der Waals surface area contributed by atoms with Crippen molar-refractivity contribution in [3.05, 3.63) is 35.5 Å². The molecule has 6 heteroatoms. The van der Waals surface area contributed by atoms with Gasteiger partial charge in [-0.1, -0.05) is 30.7 Å². The molecule has 0 bridgehead atoms. The summed E-state index contributed by atoms with van der Waals surface area (Å²) in [5, 5.41) is 13.2. The zero-order valence-electron chi connectivity index (χ0n) is 12.9. The fourth-order valence-corrected chi connectivity index (χ4v) is 3.98. The monoisotopic (exact) mass is 318 g/mol. The van der Waals surface area contributed by atoms with Gasteiger partial charge in [0.15, 0.2) is 0 Å². The normalized spacial score (nSPS) is 30.4. The van der Waals surface area contributed by atoms with E-state index in [0.29, 0.717) is 6.04 Å². The molecule has 0 saturated heterocycles. The van der Waals surface area contributed by atoms with E-state index in [0.717, 1.165) is 31.3 Å². The van der Waals surface area contributed by atoms with Crippen LogP contribution >= 0.6 is 0 Å². The summed E-state index contributed by atoms with van der Waals surface area (Å²) in [7, 11) is 0. The van der Waals surface area contributed by atoms with E-state index in [1.54, 1.807) is 0 Å². The number of rotatable bonds is 4. The molecule has 124 valence electrons. The first-order valence-electron chi connectivity index (χ1n) is 8.06. The molecule has 0 radical (unpaired) electrons. The molecule has 1 saturated carbocycles. The van der Waals surface area contributed by atoms with Gasteiger partial charge in [0.05, 0.1) is 12.3 Å². The highest BCUT2D eigenvalue weighted by Gasteiger charge is 2.40. The van der Waals surface area contributed by atoms with Gasteiger partial charge in [0.2, 0.25) is 0 Å². The number of nitrogens with two attached hydrogens (primary N) is 1. The number of hydrogen-bond donors (Lipinski definition) is 3. The molecule has 1 fully saturated rings. The van der Waals surface area contributed by atoms with Crippen LogP contribution in [0.25, 0.3) is 0 Å². The molecule has 4 unspecified atom stereocenters. The standard InChI is InChI=1S/C17H22N2O4/c18-23-16(20)9-13(17(21)22)11-5-3-7-15-12(11)8-10-4-1-2-6-14(10)19-15/h1-2,4,8,11,13-15,19H,3,5-7,9,18H2,(H,21,22). The Balaban J connectivity index is 1.89. The molecule has 0 aromatic carbocycles. The Morgan fingerprint density at radius 3 is 2.96 bits per heavy atom. The number of nitrogens with one attached hydrogen (secondary N) is 1. The van der Waals surface area contributed by atoms with Crippen molar-refractivity contribution in [3.8, 4) is 0 Å². The minimum atomic E-state index is -0.971. The Bertz CT molecular complexity index is 593. The minimum Gasteiger partial charge on any atom is -0.481 e. The van der Waals surface area contributed by atoms with Crippen LogP contribution in [0, 0.1) is 11.8 Å². The van der Waals surface area contributed by atoms with E-state index >= 15 is 0 Å². The topological polar surface area (TPSA) is 102 Å². The summed E-state index contributed by atoms with van der Waals surface area (Å²) in [6.45, 7) is 0. The van der Waals surface area contributed by atoms with Crippen LogP contribution in [0.3, 0.4) is 0 Å². The highest BCUT2D eigenvalue weighted by atomic mass is 16.7. The minimum absolute atomic E-state index is 0.161. The van der Waals surface area contributed by atoms with Gasteiger partial charge in [-0.2, -0.15) is 5.90 Å². The number of aliphatic carboxylic acids is 1. The van der Waals surface area contributed by atoms with Crippen LogP contribution < -0.4 is 11.2 Å². The summed E-state index contributed by atoms with van der Waals surface area (Å²) < 4.78 is 0. The lowest BCUT2D eigenvalue weighted by molar-refractivity contribution is -0.153. The highest BCUT2D eigenvalue weighted by molar-refractivity contribution is 5.79. The lowest BCUT2D eigenvalue weighted by atomic mass is 9.70. The molecule has 1 heterocycles. The van der Waals surface area contributed by atoms with Gasteiger partial charge < -0.3 is 15.3 Å². The fraction of sp³-hybridized carbons (Fsp3) is 0.529. The Hall–Kier alpha value is -1.92. The zero-order chi connectivity index (χ0) is 16.4. The quantitative estimate of drug-likeness (QED) is 0.678. The third-order valence-corrected chi connectivity index (χ3v) is 5.09. The summed E-state index contributed by atoms with van der Waals surface area (Å²) >= 11 is 0. The second kappa shape index (κ2) is 6.68. The molecule has 4 atom stereocenters. The summed E-state index contributed by atoms with van der Waals surface area (Å²) in [5.74, 6) is 2.28. The lowest BCUT2D eigenvalue weighted by Gasteiger charge is -2.42. The largest absolute Gasteiger partial charge is 0.481 e. The van der Waals surface area contributed by atoms with Gasteiger partial charge in [0.25, 0.3) is 0 Å². The molecule has 0 aromatic heterocycles. The number of carbonyl (C=O) groups excluding carboxylic acids is 1. The summed E-state index contributed by atoms with van der Waals surface area (Å²) in [6.07, 6.45) is 11.9. The van der Waals surface area contributed by atoms with E-state index in [9.17, 15) is 14.7 Å². The molecular weight excluding hydrogens is 296 g/mol. The van der Waals surface area contributed by atoms with Crippen molar-refractivity contribution in [2.75, 3.05) is 0 Å². The van der Waals surface area contributed by atoms with E-state index in [1.165, 1.54) is 5.57 Å². The first kappa shape index (κ1) is 16.0. The number of allylic oxidation sites excluding steroid dienone is 2. The molecule has 4 N–H and O–H groups in total. The Labute approximate surface area is 135 Å². The maximum absolute atomic E-state index is 11.7. The van der Waals surface area contributed by atoms with Crippen LogP contribution in [0.1, 0.15) is 32.1 Å². The third kappa shape index (κ3) is 3.23. The van der Waals surface area contributed by atoms with Crippen molar-refractivity contribution >= 4 is 11.9 Å². The third-order valence-electron chi connectivity index (χ3n) is 5.09. The Kier molecular flexibility index (Phi) is 4.63. The van der Waals surface area contributed by atoms with E-state index in [2.05, 4.69) is 28.4 Å². The van der Waals surface area contributed by atoms with Gasteiger partial charge in [0.1, 0.15) is 0 Å². The molecule has 3 aliphatic rings. The molecule has 3 rings (SSSR count). The van der Waals surface area contributed by atoms with Crippen LogP contribution in [-0.2, 0) is 14.4 Å². The maximum Gasteiger partial charge on any atom is 0.325 e. The van der Waals surface area contributed by atoms with Crippen LogP contribution in [-0.4, -0.2) is 29.1 Å². The zero-order valence-corrected chi connectivity index (χ0v) is 12.9. The summed E-state index contributed by atoms with van der Waals surface area (Å²) in [6, 6.07) is 0.503. The van der Waals surface area contributed by atoms with Crippen LogP contribution in [0.4, 0.5) is 0 Å². The second-order valence-corrected chi connectivity index (χ2v) is 6.42. The molecular formula is C17H22N2O4. The van der Waals surface area contributed by atoms with Gasteiger partial charge >= 0.3 is 11.9 Å². The molecule has 23 heavy (non-hydrogen) atoms. The van der Waals surface area contributed by atoms with Crippen LogP contribution in [0.5, 0.6) is 0 Å². The highest BCUT2D eigenvalue weighted by Crippen LogP contribution is 2.40. The fourth-order valence-electron chi connectivity index (χ4n) is 3.98. The van der Waals surface area contributed by atoms with Gasteiger partial charge in [-0.15, -0.1) is 0 Å². The molecule has 2 aliphatic carbocycles. The molecule has 1 aliphatic heterocycles. The molecule has 6 nitrogen and oxygen atoms in total. The van der Waals surface area contributed by atoms with Crippen molar-refractivity contribution in [1.29, 1.82) is 0 Å². The van der Waals surface area contributed by atoms with Crippen molar-refractivity contribution in [1.82, 2.24) is 5.32 Å². The number of carboxylic acids is 1. The molecule has 0 aromatic rings. The predicted octanol–water partition coefficient (Wildman–Crippen LogP) is 1.45. The average molecular weight is 318 g/mol. The number of fused-ring (bicyclic) bond motifs is 2. The number of carbonyl (C=O) groups is 2. The van der Waals surface area contributed by atoms with Crippen molar-refractivity contribution < 1.29 is 19.5 Å². The van der Waals surface area contributed by atoms with Gasteiger partial charge in [-0.25, -0.2) is 0 Å². The van der Waals surface area contributed by atoms with Crippen molar-refractivity contribution in [2.45, 2.75) is 44.2 Å². The van der Waals surface area contributed by atoms with Crippen LogP contribution in [0.2, 0.25) is 0 Å². The Morgan fingerprint density at radius 2 is 2.22 bits per heavy atom. The lowest BCUT2D eigenvalue weighted by Crippen LogP contribution is -2.48. The van der Waals surface area contributed by atoms with E-state index in [1.807, 2.05) is 6.08 Å². The smallest absolute Gasteiger partial charge is 0.325 e. The number of carboxylic acid groups (broad SMARTS) is 1. The maximum atomic E-state index is 11.7. The summed E-state index contributed by atoms with van der Waals surface area (Å²) in [5.41, 5.74) is 2.29. The van der Waals surface area contributed by atoms with Gasteiger partial charge in [-0.3, -0.25) is 9.59 Å². The molecule has 0 amide bonds. The number of hydrogen-bond acceptors (Lipinski definition) is 5.